The Labute approximate surface area is 113 Å². The highest BCUT2D eigenvalue weighted by molar-refractivity contribution is 5.94. The minimum atomic E-state index is -0.173. The number of carbonyl (C=O) groups is 2. The molecule has 0 unspecified atom stereocenters. The lowest BCUT2D eigenvalue weighted by atomic mass is 10.1. The lowest BCUT2D eigenvalue weighted by Gasteiger charge is -2.23. The molecule has 1 aromatic rings. The monoisotopic (exact) mass is 266 g/mol. The Hall–Kier alpha value is -1.85. The molecule has 1 rings (SSSR count). The van der Waals surface area contributed by atoms with Crippen molar-refractivity contribution in [2.24, 2.45) is 0 Å². The smallest absolute Gasteiger partial charge is 0.274 e. The Morgan fingerprint density at radius 1 is 1.47 bits per heavy atom. The number of aromatic amines is 1. The highest BCUT2D eigenvalue weighted by Crippen LogP contribution is 2.14. The second kappa shape index (κ2) is 6.36. The molecule has 0 fully saturated rings. The maximum Gasteiger partial charge on any atom is 0.274 e. The zero-order chi connectivity index (χ0) is 14.6. The Balaban J connectivity index is 2.81. The summed E-state index contributed by atoms with van der Waals surface area (Å²) in [5.41, 5.74) is 2.28. The van der Waals surface area contributed by atoms with Crippen LogP contribution in [-0.4, -0.2) is 47.0 Å². The van der Waals surface area contributed by atoms with E-state index in [9.17, 15) is 9.59 Å². The summed E-state index contributed by atoms with van der Waals surface area (Å²) in [6.07, 6.45) is 1.09. The van der Waals surface area contributed by atoms with Gasteiger partial charge in [-0.25, -0.2) is 0 Å². The molecule has 1 aromatic heterocycles. The van der Waals surface area contributed by atoms with E-state index in [4.69, 9.17) is 0 Å². The van der Waals surface area contributed by atoms with Gasteiger partial charge in [0.15, 0.2) is 5.69 Å². The van der Waals surface area contributed by atoms with Gasteiger partial charge < -0.3 is 10.2 Å². The first-order valence-corrected chi connectivity index (χ1v) is 6.43. The zero-order valence-corrected chi connectivity index (χ0v) is 12.2. The number of hydrogen-bond acceptors (Lipinski definition) is 3. The van der Waals surface area contributed by atoms with Crippen LogP contribution in [0.4, 0.5) is 0 Å². The van der Waals surface area contributed by atoms with Crippen LogP contribution < -0.4 is 5.32 Å². The van der Waals surface area contributed by atoms with E-state index >= 15 is 0 Å². The molecule has 0 aliphatic rings. The van der Waals surface area contributed by atoms with Gasteiger partial charge in [-0.15, -0.1) is 0 Å². The van der Waals surface area contributed by atoms with E-state index < -0.39 is 0 Å². The number of carbonyl (C=O) groups excluding carboxylic acids is 2. The van der Waals surface area contributed by atoms with E-state index in [1.54, 1.807) is 19.0 Å². The minimum Gasteiger partial charge on any atom is -0.359 e. The van der Waals surface area contributed by atoms with Gasteiger partial charge in [0.25, 0.3) is 5.91 Å². The van der Waals surface area contributed by atoms with Crippen molar-refractivity contribution in [3.05, 3.63) is 17.0 Å². The molecule has 0 aromatic carbocycles. The largest absolute Gasteiger partial charge is 0.359 e. The van der Waals surface area contributed by atoms with Crippen LogP contribution in [0.1, 0.15) is 42.0 Å². The molecular formula is C13H22N4O2. The maximum absolute atomic E-state index is 12.3. The number of nitrogens with one attached hydrogen (secondary N) is 2. The predicted molar refractivity (Wildman–Crippen MR) is 72.9 cm³/mol. The van der Waals surface area contributed by atoms with Gasteiger partial charge in [0.1, 0.15) is 0 Å². The lowest BCUT2D eigenvalue weighted by molar-refractivity contribution is -0.121. The molecule has 6 heteroatoms. The van der Waals surface area contributed by atoms with E-state index in [1.165, 1.54) is 0 Å². The third kappa shape index (κ3) is 3.33. The van der Waals surface area contributed by atoms with Crippen LogP contribution in [0.15, 0.2) is 0 Å². The number of aryl methyl sites for hydroxylation is 1. The molecule has 2 amide bonds. The lowest BCUT2D eigenvalue weighted by Crippen LogP contribution is -2.38. The first kappa shape index (κ1) is 15.2. The van der Waals surface area contributed by atoms with Gasteiger partial charge in [-0.3, -0.25) is 14.7 Å². The van der Waals surface area contributed by atoms with Gasteiger partial charge in [0.05, 0.1) is 0 Å². The summed E-state index contributed by atoms with van der Waals surface area (Å²) in [5, 5.41) is 9.50. The summed E-state index contributed by atoms with van der Waals surface area (Å²) in [4.78, 5) is 25.2. The van der Waals surface area contributed by atoms with E-state index in [-0.39, 0.29) is 24.3 Å². The second-order valence-corrected chi connectivity index (χ2v) is 4.67. The van der Waals surface area contributed by atoms with Crippen molar-refractivity contribution in [2.75, 3.05) is 14.1 Å². The predicted octanol–water partition coefficient (Wildman–Crippen LogP) is 0.877. The fraction of sp³-hybridized carbons (Fsp3) is 0.615. The average molecular weight is 266 g/mol. The van der Waals surface area contributed by atoms with Crippen LogP contribution >= 0.6 is 0 Å². The number of rotatable bonds is 5. The van der Waals surface area contributed by atoms with Gasteiger partial charge in [-0.05, 0) is 20.3 Å². The van der Waals surface area contributed by atoms with Crippen molar-refractivity contribution in [1.29, 1.82) is 0 Å². The van der Waals surface area contributed by atoms with Gasteiger partial charge in [0.2, 0.25) is 5.91 Å². The summed E-state index contributed by atoms with van der Waals surface area (Å²) in [5.74, 6) is -0.245. The first-order valence-electron chi connectivity index (χ1n) is 6.43. The number of aromatic nitrogens is 2. The summed E-state index contributed by atoms with van der Waals surface area (Å²) in [6.45, 7) is 5.73. The molecule has 0 saturated heterocycles. The Morgan fingerprint density at radius 3 is 2.58 bits per heavy atom. The van der Waals surface area contributed by atoms with Gasteiger partial charge in [-0.2, -0.15) is 5.10 Å². The molecule has 6 nitrogen and oxygen atoms in total. The van der Waals surface area contributed by atoms with E-state index in [0.29, 0.717) is 5.69 Å². The number of amides is 2. The van der Waals surface area contributed by atoms with Crippen LogP contribution in [0.25, 0.3) is 0 Å². The molecular weight excluding hydrogens is 244 g/mol. The zero-order valence-electron chi connectivity index (χ0n) is 12.2. The van der Waals surface area contributed by atoms with Crippen LogP contribution in [0.3, 0.4) is 0 Å². The summed E-state index contributed by atoms with van der Waals surface area (Å²) in [7, 11) is 3.28. The molecule has 0 radical (unpaired) electrons. The fourth-order valence-electron chi connectivity index (χ4n) is 1.86. The molecule has 0 spiro atoms. The number of H-pyrrole nitrogens is 1. The third-order valence-electron chi connectivity index (χ3n) is 3.41. The molecule has 19 heavy (non-hydrogen) atoms. The molecule has 0 saturated carbocycles. The molecule has 1 atom stereocenters. The third-order valence-corrected chi connectivity index (χ3v) is 3.41. The minimum absolute atomic E-state index is 0.0832. The van der Waals surface area contributed by atoms with Crippen molar-refractivity contribution in [2.45, 2.75) is 39.7 Å². The van der Waals surface area contributed by atoms with Gasteiger partial charge >= 0.3 is 0 Å². The standard InChI is InChI=1S/C13H22N4O2/c1-6-10-9(3)12(16-15-10)13(19)17(5)8(2)7-11(18)14-4/h8H,6-7H2,1-5H3,(H,14,18)(H,15,16)/t8-/m0/s1. The summed E-state index contributed by atoms with van der Waals surface area (Å²) >= 11 is 0. The van der Waals surface area contributed by atoms with Crippen molar-refractivity contribution >= 4 is 11.8 Å². The highest BCUT2D eigenvalue weighted by atomic mass is 16.2. The molecule has 2 N–H and O–H groups in total. The highest BCUT2D eigenvalue weighted by Gasteiger charge is 2.23. The molecule has 106 valence electrons. The van der Waals surface area contributed by atoms with Gasteiger partial charge in [0, 0.05) is 37.8 Å². The Bertz CT molecular complexity index is 467. The molecule has 0 aliphatic heterocycles. The van der Waals surface area contributed by atoms with E-state index in [0.717, 1.165) is 17.7 Å². The van der Waals surface area contributed by atoms with Crippen molar-refractivity contribution in [3.8, 4) is 0 Å². The summed E-state index contributed by atoms with van der Waals surface area (Å²) in [6, 6.07) is -0.173. The normalized spacial score (nSPS) is 12.1. The SMILES string of the molecule is CCc1[nH]nc(C(=O)N(C)[C@@H](C)CC(=O)NC)c1C. The number of hydrogen-bond donors (Lipinski definition) is 2. The second-order valence-electron chi connectivity index (χ2n) is 4.67. The van der Waals surface area contributed by atoms with E-state index in [1.807, 2.05) is 20.8 Å². The summed E-state index contributed by atoms with van der Waals surface area (Å²) < 4.78 is 0. The van der Waals surface area contributed by atoms with Crippen LogP contribution in [0.2, 0.25) is 0 Å². The molecule has 0 aliphatic carbocycles. The molecule has 1 heterocycles. The van der Waals surface area contributed by atoms with Gasteiger partial charge in [-0.1, -0.05) is 6.92 Å². The van der Waals surface area contributed by atoms with E-state index in [2.05, 4.69) is 15.5 Å². The first-order chi connectivity index (χ1) is 8.92. The van der Waals surface area contributed by atoms with Crippen LogP contribution in [-0.2, 0) is 11.2 Å². The quantitative estimate of drug-likeness (QED) is 0.830. The van der Waals surface area contributed by atoms with Crippen LogP contribution in [0.5, 0.6) is 0 Å². The fourth-order valence-corrected chi connectivity index (χ4v) is 1.86. The maximum atomic E-state index is 12.3. The Kier molecular flexibility index (Phi) is 5.09. The van der Waals surface area contributed by atoms with Crippen LogP contribution in [0, 0.1) is 6.92 Å². The van der Waals surface area contributed by atoms with Crippen molar-refractivity contribution in [3.63, 3.8) is 0 Å². The van der Waals surface area contributed by atoms with Crippen molar-refractivity contribution < 1.29 is 9.59 Å². The van der Waals surface area contributed by atoms with Crippen molar-refractivity contribution in [1.82, 2.24) is 20.4 Å². The Morgan fingerprint density at radius 2 is 2.11 bits per heavy atom. The average Bonchev–Trinajstić information content (AvgIpc) is 2.77. The molecule has 0 bridgehead atoms. The number of nitrogens with zero attached hydrogens (tertiary/aromatic N) is 2. The topological polar surface area (TPSA) is 78.1 Å².